The summed E-state index contributed by atoms with van der Waals surface area (Å²) < 4.78 is 32.3. The normalized spacial score (nSPS) is 16.3. The van der Waals surface area contributed by atoms with Crippen LogP contribution in [0.1, 0.15) is 52.0 Å². The SMILES string of the molecule is Cc1ccc(S(=O)(=O)N2CCC(C(=O)N(C)CCCC(=O)OC(C)(C)C)CC2)cc1. The number of hydrogen-bond donors (Lipinski definition) is 0. The second-order valence-electron chi connectivity index (χ2n) is 8.94. The fourth-order valence-corrected chi connectivity index (χ4v) is 4.95. The van der Waals surface area contributed by atoms with Crippen LogP contribution >= 0.6 is 0 Å². The summed E-state index contributed by atoms with van der Waals surface area (Å²) in [4.78, 5) is 26.4. The molecular formula is C22H34N2O5S. The summed E-state index contributed by atoms with van der Waals surface area (Å²) >= 11 is 0. The van der Waals surface area contributed by atoms with Gasteiger partial charge in [0, 0.05) is 39.0 Å². The molecule has 0 unspecified atom stereocenters. The topological polar surface area (TPSA) is 84.0 Å². The third-order valence-electron chi connectivity index (χ3n) is 5.13. The van der Waals surface area contributed by atoms with Crippen molar-refractivity contribution in [3.05, 3.63) is 29.8 Å². The number of carbonyl (C=O) groups excluding carboxylic acids is 2. The van der Waals surface area contributed by atoms with E-state index in [1.807, 2.05) is 27.7 Å². The van der Waals surface area contributed by atoms with Crippen molar-refractivity contribution in [3.63, 3.8) is 0 Å². The Balaban J connectivity index is 1.82. The van der Waals surface area contributed by atoms with Crippen LogP contribution in [0.3, 0.4) is 0 Å². The summed E-state index contributed by atoms with van der Waals surface area (Å²) in [7, 11) is -1.80. The number of amides is 1. The molecule has 2 rings (SSSR count). The van der Waals surface area contributed by atoms with Crippen LogP contribution in [-0.2, 0) is 24.3 Å². The molecule has 1 aliphatic heterocycles. The van der Waals surface area contributed by atoms with E-state index in [4.69, 9.17) is 4.74 Å². The van der Waals surface area contributed by atoms with Gasteiger partial charge in [-0.2, -0.15) is 4.31 Å². The van der Waals surface area contributed by atoms with Gasteiger partial charge in [-0.25, -0.2) is 8.42 Å². The zero-order valence-corrected chi connectivity index (χ0v) is 19.5. The number of benzene rings is 1. The monoisotopic (exact) mass is 438 g/mol. The molecular weight excluding hydrogens is 404 g/mol. The molecule has 8 heteroatoms. The molecule has 1 aliphatic rings. The second-order valence-corrected chi connectivity index (χ2v) is 10.9. The summed E-state index contributed by atoms with van der Waals surface area (Å²) in [5.74, 6) is -0.453. The standard InChI is InChI=1S/C22H34N2O5S/c1-17-8-10-19(11-9-17)30(27,28)24-15-12-18(13-16-24)21(26)23(5)14-6-7-20(25)29-22(2,3)4/h8-11,18H,6-7,12-16H2,1-5H3. The number of esters is 1. The summed E-state index contributed by atoms with van der Waals surface area (Å²) in [6, 6.07) is 6.82. The lowest BCUT2D eigenvalue weighted by atomic mass is 9.96. The largest absolute Gasteiger partial charge is 0.460 e. The van der Waals surface area contributed by atoms with Crippen molar-refractivity contribution in [3.8, 4) is 0 Å². The minimum absolute atomic E-state index is 0.00609. The molecule has 1 aromatic rings. The number of sulfonamides is 1. The van der Waals surface area contributed by atoms with Crippen molar-refractivity contribution >= 4 is 21.9 Å². The lowest BCUT2D eigenvalue weighted by Gasteiger charge is -2.32. The van der Waals surface area contributed by atoms with E-state index >= 15 is 0 Å². The minimum Gasteiger partial charge on any atom is -0.460 e. The highest BCUT2D eigenvalue weighted by Gasteiger charge is 2.33. The van der Waals surface area contributed by atoms with Gasteiger partial charge in [-0.3, -0.25) is 9.59 Å². The number of aryl methyl sites for hydroxylation is 1. The van der Waals surface area contributed by atoms with E-state index in [2.05, 4.69) is 0 Å². The fourth-order valence-electron chi connectivity index (χ4n) is 3.48. The van der Waals surface area contributed by atoms with E-state index in [0.717, 1.165) is 5.56 Å². The Labute approximate surface area is 180 Å². The lowest BCUT2D eigenvalue weighted by molar-refractivity contribution is -0.155. The molecule has 0 N–H and O–H groups in total. The van der Waals surface area contributed by atoms with Crippen molar-refractivity contribution in [2.24, 2.45) is 5.92 Å². The molecule has 0 radical (unpaired) electrons. The van der Waals surface area contributed by atoms with Gasteiger partial charge in [-0.15, -0.1) is 0 Å². The van der Waals surface area contributed by atoms with E-state index in [-0.39, 0.29) is 29.1 Å². The summed E-state index contributed by atoms with van der Waals surface area (Å²) in [5, 5.41) is 0. The van der Waals surface area contributed by atoms with Gasteiger partial charge in [0.2, 0.25) is 15.9 Å². The molecule has 0 aliphatic carbocycles. The zero-order valence-electron chi connectivity index (χ0n) is 18.7. The van der Waals surface area contributed by atoms with Crippen LogP contribution in [0.4, 0.5) is 0 Å². The van der Waals surface area contributed by atoms with E-state index in [0.29, 0.717) is 38.9 Å². The number of ether oxygens (including phenoxy) is 1. The molecule has 1 saturated heterocycles. The molecule has 0 bridgehead atoms. The molecule has 0 aromatic heterocycles. The highest BCUT2D eigenvalue weighted by atomic mass is 32.2. The maximum Gasteiger partial charge on any atom is 0.306 e. The summed E-state index contributed by atoms with van der Waals surface area (Å²) in [6.45, 7) is 8.53. The van der Waals surface area contributed by atoms with Gasteiger partial charge in [-0.1, -0.05) is 17.7 Å². The van der Waals surface area contributed by atoms with Gasteiger partial charge in [0.05, 0.1) is 4.90 Å². The highest BCUT2D eigenvalue weighted by molar-refractivity contribution is 7.89. The number of nitrogens with zero attached hydrogens (tertiary/aromatic N) is 2. The van der Waals surface area contributed by atoms with Crippen LogP contribution < -0.4 is 0 Å². The maximum atomic E-state index is 12.8. The van der Waals surface area contributed by atoms with Crippen molar-refractivity contribution < 1.29 is 22.7 Å². The van der Waals surface area contributed by atoms with Crippen molar-refractivity contribution in [1.29, 1.82) is 0 Å². The Morgan fingerprint density at radius 1 is 1.13 bits per heavy atom. The Hall–Kier alpha value is -1.93. The van der Waals surface area contributed by atoms with Crippen LogP contribution in [0.5, 0.6) is 0 Å². The third kappa shape index (κ3) is 6.80. The van der Waals surface area contributed by atoms with E-state index < -0.39 is 15.6 Å². The lowest BCUT2D eigenvalue weighted by Crippen LogP contribution is -2.43. The molecule has 0 spiro atoms. The summed E-state index contributed by atoms with van der Waals surface area (Å²) in [5.41, 5.74) is 0.499. The van der Waals surface area contributed by atoms with Crippen LogP contribution in [0.15, 0.2) is 29.2 Å². The van der Waals surface area contributed by atoms with Crippen LogP contribution in [0.2, 0.25) is 0 Å². The molecule has 7 nitrogen and oxygen atoms in total. The van der Waals surface area contributed by atoms with Crippen molar-refractivity contribution in [1.82, 2.24) is 9.21 Å². The van der Waals surface area contributed by atoms with Crippen molar-refractivity contribution in [2.75, 3.05) is 26.7 Å². The average Bonchev–Trinajstić information content (AvgIpc) is 2.66. The average molecular weight is 439 g/mol. The number of carbonyl (C=O) groups is 2. The zero-order chi connectivity index (χ0) is 22.5. The molecule has 168 valence electrons. The molecule has 0 atom stereocenters. The predicted molar refractivity (Wildman–Crippen MR) is 115 cm³/mol. The first-order chi connectivity index (χ1) is 13.9. The fraction of sp³-hybridized carbons (Fsp3) is 0.636. The van der Waals surface area contributed by atoms with E-state index in [9.17, 15) is 18.0 Å². The number of rotatable bonds is 7. The van der Waals surface area contributed by atoms with Gasteiger partial charge in [0.25, 0.3) is 0 Å². The Bertz CT molecular complexity index is 835. The first-order valence-electron chi connectivity index (χ1n) is 10.4. The smallest absolute Gasteiger partial charge is 0.306 e. The number of hydrogen-bond acceptors (Lipinski definition) is 5. The Morgan fingerprint density at radius 3 is 2.23 bits per heavy atom. The third-order valence-corrected chi connectivity index (χ3v) is 7.05. The van der Waals surface area contributed by atoms with Crippen molar-refractivity contribution in [2.45, 2.75) is 63.9 Å². The number of piperidine rings is 1. The Kier molecular flexibility index (Phi) is 8.05. The van der Waals surface area contributed by atoms with Crippen LogP contribution in [-0.4, -0.2) is 61.8 Å². The van der Waals surface area contributed by atoms with Gasteiger partial charge < -0.3 is 9.64 Å². The molecule has 30 heavy (non-hydrogen) atoms. The highest BCUT2D eigenvalue weighted by Crippen LogP contribution is 2.25. The Morgan fingerprint density at radius 2 is 1.70 bits per heavy atom. The second kappa shape index (κ2) is 9.92. The van der Waals surface area contributed by atoms with Gasteiger partial charge in [-0.05, 0) is 59.1 Å². The van der Waals surface area contributed by atoms with Crippen LogP contribution in [0.25, 0.3) is 0 Å². The summed E-state index contributed by atoms with van der Waals surface area (Å²) in [6.07, 6.45) is 1.81. The minimum atomic E-state index is -3.53. The van der Waals surface area contributed by atoms with E-state index in [1.165, 1.54) is 4.31 Å². The molecule has 0 saturated carbocycles. The molecule has 1 heterocycles. The van der Waals surface area contributed by atoms with Gasteiger partial charge in [0.1, 0.15) is 5.60 Å². The van der Waals surface area contributed by atoms with Gasteiger partial charge in [0.15, 0.2) is 0 Å². The van der Waals surface area contributed by atoms with Crippen LogP contribution in [0, 0.1) is 12.8 Å². The molecule has 1 fully saturated rings. The molecule has 1 amide bonds. The maximum absolute atomic E-state index is 12.8. The first-order valence-corrected chi connectivity index (χ1v) is 11.9. The van der Waals surface area contributed by atoms with Gasteiger partial charge >= 0.3 is 5.97 Å². The molecule has 1 aromatic carbocycles. The first kappa shape index (κ1) is 24.3. The quantitative estimate of drug-likeness (QED) is 0.611. The predicted octanol–water partition coefficient (Wildman–Crippen LogP) is 2.98. The van der Waals surface area contributed by atoms with E-state index in [1.54, 1.807) is 36.2 Å².